The number of methoxy groups -OCH3 is 1. The van der Waals surface area contributed by atoms with Crippen molar-refractivity contribution < 1.29 is 9.13 Å². The molecule has 1 saturated carbocycles. The first-order valence-corrected chi connectivity index (χ1v) is 6.14. The third-order valence-corrected chi connectivity index (χ3v) is 3.73. The van der Waals surface area contributed by atoms with E-state index in [0.717, 1.165) is 19.3 Å². The Labute approximate surface area is 103 Å². The molecule has 0 saturated heterocycles. The van der Waals surface area contributed by atoms with Gasteiger partial charge in [0.25, 0.3) is 0 Å². The van der Waals surface area contributed by atoms with Crippen molar-refractivity contribution in [1.82, 2.24) is 0 Å². The fourth-order valence-electron chi connectivity index (χ4n) is 1.71. The van der Waals surface area contributed by atoms with Crippen molar-refractivity contribution in [2.24, 2.45) is 5.73 Å². The number of rotatable bonds is 4. The lowest BCUT2D eigenvalue weighted by Crippen LogP contribution is -2.22. The molecule has 2 rings (SSSR count). The lowest BCUT2D eigenvalue weighted by molar-refractivity contribution is 0.409. The second-order valence-corrected chi connectivity index (χ2v) is 5.29. The fraction of sp³-hybridized carbons (Fsp3) is 0.500. The molecule has 1 aromatic rings. The van der Waals surface area contributed by atoms with Gasteiger partial charge in [0.05, 0.1) is 11.6 Å². The number of ether oxygens (including phenoxy) is 1. The minimum absolute atomic E-state index is 0.0350. The number of nitrogens with two attached hydrogens (primary N) is 1. The number of benzene rings is 1. The van der Waals surface area contributed by atoms with Crippen LogP contribution in [0.3, 0.4) is 0 Å². The zero-order valence-corrected chi connectivity index (χ0v) is 10.8. The summed E-state index contributed by atoms with van der Waals surface area (Å²) in [7, 11) is 1.58. The summed E-state index contributed by atoms with van der Waals surface area (Å²) in [6.07, 6.45) is 3.63. The van der Waals surface area contributed by atoms with Crippen molar-refractivity contribution in [3.05, 3.63) is 28.0 Å². The van der Waals surface area contributed by atoms with Crippen LogP contribution in [0.4, 0.5) is 4.39 Å². The highest BCUT2D eigenvalue weighted by atomic mass is 79.9. The predicted molar refractivity (Wildman–Crippen MR) is 65.1 cm³/mol. The summed E-state index contributed by atoms with van der Waals surface area (Å²) < 4.78 is 19.4. The average molecular weight is 288 g/mol. The van der Waals surface area contributed by atoms with Crippen LogP contribution in [0.2, 0.25) is 0 Å². The monoisotopic (exact) mass is 287 g/mol. The van der Waals surface area contributed by atoms with E-state index in [1.165, 1.54) is 6.07 Å². The minimum Gasteiger partial charge on any atom is -0.496 e. The summed E-state index contributed by atoms with van der Waals surface area (Å²) in [5.41, 5.74) is 6.62. The molecule has 0 unspecified atom stereocenters. The molecule has 0 heterocycles. The van der Waals surface area contributed by atoms with Gasteiger partial charge < -0.3 is 10.5 Å². The zero-order valence-electron chi connectivity index (χ0n) is 9.22. The Balaban J connectivity index is 2.13. The largest absolute Gasteiger partial charge is 0.496 e. The van der Waals surface area contributed by atoms with Crippen molar-refractivity contribution in [2.45, 2.75) is 31.2 Å². The zero-order chi connectivity index (χ0) is 11.8. The van der Waals surface area contributed by atoms with Crippen LogP contribution in [-0.4, -0.2) is 12.6 Å². The Morgan fingerprint density at radius 1 is 1.50 bits per heavy atom. The van der Waals surface area contributed by atoms with E-state index < -0.39 is 0 Å². The maximum atomic E-state index is 13.6. The van der Waals surface area contributed by atoms with Gasteiger partial charge in [-0.25, -0.2) is 4.39 Å². The molecule has 2 nitrogen and oxygen atoms in total. The van der Waals surface area contributed by atoms with Gasteiger partial charge in [0, 0.05) is 5.54 Å². The molecule has 16 heavy (non-hydrogen) atoms. The molecular formula is C12H15BrFNO. The van der Waals surface area contributed by atoms with E-state index in [2.05, 4.69) is 15.9 Å². The van der Waals surface area contributed by atoms with Crippen molar-refractivity contribution >= 4 is 15.9 Å². The molecule has 0 aromatic heterocycles. The van der Waals surface area contributed by atoms with Gasteiger partial charge in [-0.15, -0.1) is 0 Å². The molecule has 4 heteroatoms. The van der Waals surface area contributed by atoms with Gasteiger partial charge in [-0.3, -0.25) is 0 Å². The Morgan fingerprint density at radius 2 is 2.19 bits per heavy atom. The molecule has 2 N–H and O–H groups in total. The van der Waals surface area contributed by atoms with Gasteiger partial charge in [0.2, 0.25) is 0 Å². The van der Waals surface area contributed by atoms with E-state index in [9.17, 15) is 4.39 Å². The first kappa shape index (κ1) is 11.9. The molecule has 0 radical (unpaired) electrons. The highest BCUT2D eigenvalue weighted by Gasteiger charge is 2.37. The number of aryl methyl sites for hydroxylation is 1. The van der Waals surface area contributed by atoms with Gasteiger partial charge in [-0.1, -0.05) is 0 Å². The maximum absolute atomic E-state index is 13.6. The van der Waals surface area contributed by atoms with Gasteiger partial charge in [-0.05, 0) is 59.3 Å². The Kier molecular flexibility index (Phi) is 3.22. The molecule has 0 amide bonds. The molecule has 1 aliphatic rings. The highest BCUT2D eigenvalue weighted by molar-refractivity contribution is 9.10. The summed E-state index contributed by atoms with van der Waals surface area (Å²) in [4.78, 5) is 0. The number of hydrogen-bond acceptors (Lipinski definition) is 2. The number of halogens is 2. The Morgan fingerprint density at radius 3 is 2.75 bits per heavy atom. The molecule has 1 fully saturated rings. The van der Waals surface area contributed by atoms with E-state index in [-0.39, 0.29) is 11.4 Å². The molecule has 1 aliphatic carbocycles. The van der Waals surface area contributed by atoms with E-state index in [1.54, 1.807) is 13.2 Å². The van der Waals surface area contributed by atoms with Crippen molar-refractivity contribution in [2.75, 3.05) is 7.11 Å². The Bertz CT molecular complexity index is 404. The van der Waals surface area contributed by atoms with E-state index in [0.29, 0.717) is 22.2 Å². The van der Waals surface area contributed by atoms with Gasteiger partial charge in [0.1, 0.15) is 11.6 Å². The summed E-state index contributed by atoms with van der Waals surface area (Å²) in [6.45, 7) is 0. The second-order valence-electron chi connectivity index (χ2n) is 4.44. The molecular weight excluding hydrogens is 273 g/mol. The van der Waals surface area contributed by atoms with Crippen LogP contribution in [0, 0.1) is 5.82 Å². The van der Waals surface area contributed by atoms with Crippen LogP contribution < -0.4 is 10.5 Å². The standard InChI is InChI=1S/C12H15BrFNO/c1-16-11-6-8(10(14)7-9(11)13)2-3-12(15)4-5-12/h6-7H,2-5,15H2,1H3. The third kappa shape index (κ3) is 2.55. The van der Waals surface area contributed by atoms with Crippen LogP contribution >= 0.6 is 15.9 Å². The van der Waals surface area contributed by atoms with Crippen LogP contribution in [0.15, 0.2) is 16.6 Å². The van der Waals surface area contributed by atoms with E-state index in [1.807, 2.05) is 0 Å². The normalized spacial score (nSPS) is 17.2. The molecule has 0 aliphatic heterocycles. The first-order chi connectivity index (χ1) is 7.54. The Hall–Kier alpha value is -0.610. The van der Waals surface area contributed by atoms with Gasteiger partial charge in [0.15, 0.2) is 0 Å². The van der Waals surface area contributed by atoms with E-state index in [4.69, 9.17) is 10.5 Å². The average Bonchev–Trinajstić information content (AvgIpc) is 2.96. The quantitative estimate of drug-likeness (QED) is 0.924. The SMILES string of the molecule is COc1cc(CCC2(N)CC2)c(F)cc1Br. The van der Waals surface area contributed by atoms with Crippen LogP contribution in [0.5, 0.6) is 5.75 Å². The maximum Gasteiger partial charge on any atom is 0.133 e. The van der Waals surface area contributed by atoms with Crippen LogP contribution in [0.1, 0.15) is 24.8 Å². The molecule has 1 aromatic carbocycles. The van der Waals surface area contributed by atoms with Gasteiger partial charge in [-0.2, -0.15) is 0 Å². The lowest BCUT2D eigenvalue weighted by atomic mass is 10.0. The fourth-order valence-corrected chi connectivity index (χ4v) is 2.19. The van der Waals surface area contributed by atoms with Gasteiger partial charge >= 0.3 is 0 Å². The summed E-state index contributed by atoms with van der Waals surface area (Å²) >= 11 is 3.25. The molecule has 0 atom stereocenters. The highest BCUT2D eigenvalue weighted by Crippen LogP contribution is 2.37. The van der Waals surface area contributed by atoms with Crippen molar-refractivity contribution in [3.63, 3.8) is 0 Å². The first-order valence-electron chi connectivity index (χ1n) is 5.35. The predicted octanol–water partition coefficient (Wildman–Crippen LogP) is 3.02. The smallest absolute Gasteiger partial charge is 0.133 e. The lowest BCUT2D eigenvalue weighted by Gasteiger charge is -2.11. The molecule has 88 valence electrons. The van der Waals surface area contributed by atoms with Crippen LogP contribution in [-0.2, 0) is 6.42 Å². The topological polar surface area (TPSA) is 35.2 Å². The summed E-state index contributed by atoms with van der Waals surface area (Å²) in [6, 6.07) is 3.19. The molecule has 0 spiro atoms. The third-order valence-electron chi connectivity index (χ3n) is 3.11. The molecule has 0 bridgehead atoms. The van der Waals surface area contributed by atoms with E-state index >= 15 is 0 Å². The number of hydrogen-bond donors (Lipinski definition) is 1. The van der Waals surface area contributed by atoms with Crippen molar-refractivity contribution in [3.8, 4) is 5.75 Å². The van der Waals surface area contributed by atoms with Crippen molar-refractivity contribution in [1.29, 1.82) is 0 Å². The second kappa shape index (κ2) is 4.34. The minimum atomic E-state index is -0.197. The summed E-state index contributed by atoms with van der Waals surface area (Å²) in [5.74, 6) is 0.468. The summed E-state index contributed by atoms with van der Waals surface area (Å²) in [5, 5.41) is 0. The van der Waals surface area contributed by atoms with Crippen LogP contribution in [0.25, 0.3) is 0 Å².